The third kappa shape index (κ3) is 2.85. The Bertz CT molecular complexity index is 594. The van der Waals surface area contributed by atoms with Crippen LogP contribution < -0.4 is 0 Å². The molecular weight excluding hydrogens is 283 g/mol. The SMILES string of the molecule is CC1(C(=O)N2CCCCCC2)CC(c2ccccc2F)=NO1. The van der Waals surface area contributed by atoms with Gasteiger partial charge in [-0.2, -0.15) is 0 Å². The van der Waals surface area contributed by atoms with E-state index in [9.17, 15) is 9.18 Å². The summed E-state index contributed by atoms with van der Waals surface area (Å²) in [6.45, 7) is 3.29. The molecule has 4 nitrogen and oxygen atoms in total. The summed E-state index contributed by atoms with van der Waals surface area (Å²) in [5, 5.41) is 3.99. The maximum absolute atomic E-state index is 13.9. The predicted octanol–water partition coefficient (Wildman–Crippen LogP) is 3.11. The van der Waals surface area contributed by atoms with Crippen LogP contribution in [0, 0.1) is 5.82 Å². The lowest BCUT2D eigenvalue weighted by molar-refractivity contribution is -0.153. The van der Waals surface area contributed by atoms with Gasteiger partial charge in [0, 0.05) is 25.1 Å². The molecule has 0 bridgehead atoms. The molecule has 2 aliphatic heterocycles. The van der Waals surface area contributed by atoms with Crippen LogP contribution in [0.1, 0.15) is 44.6 Å². The second-order valence-corrected chi connectivity index (χ2v) is 6.22. The average Bonchev–Trinajstić information content (AvgIpc) is 2.75. The van der Waals surface area contributed by atoms with Crippen molar-refractivity contribution in [2.24, 2.45) is 5.16 Å². The molecular formula is C17H21FN2O2. The van der Waals surface area contributed by atoms with Crippen LogP contribution >= 0.6 is 0 Å². The van der Waals surface area contributed by atoms with Crippen molar-refractivity contribution in [3.05, 3.63) is 35.6 Å². The van der Waals surface area contributed by atoms with Gasteiger partial charge in [-0.1, -0.05) is 36.2 Å². The van der Waals surface area contributed by atoms with Crippen LogP contribution in [-0.4, -0.2) is 35.2 Å². The summed E-state index contributed by atoms with van der Waals surface area (Å²) in [5.74, 6) is -0.374. The first-order valence-corrected chi connectivity index (χ1v) is 7.89. The summed E-state index contributed by atoms with van der Waals surface area (Å²) in [6, 6.07) is 6.45. The van der Waals surface area contributed by atoms with Crippen LogP contribution in [0.4, 0.5) is 4.39 Å². The van der Waals surface area contributed by atoms with E-state index in [1.54, 1.807) is 25.1 Å². The van der Waals surface area contributed by atoms with Crippen molar-refractivity contribution in [3.63, 3.8) is 0 Å². The van der Waals surface area contributed by atoms with Crippen LogP contribution in [0.2, 0.25) is 0 Å². The van der Waals surface area contributed by atoms with E-state index < -0.39 is 5.60 Å². The third-order valence-corrected chi connectivity index (χ3v) is 4.39. The minimum absolute atomic E-state index is 0.0375. The lowest BCUT2D eigenvalue weighted by Gasteiger charge is -2.29. The Morgan fingerprint density at radius 1 is 1.23 bits per heavy atom. The number of oxime groups is 1. The highest BCUT2D eigenvalue weighted by atomic mass is 19.1. The van der Waals surface area contributed by atoms with Gasteiger partial charge < -0.3 is 9.74 Å². The molecule has 0 N–H and O–H groups in total. The van der Waals surface area contributed by atoms with Crippen molar-refractivity contribution in [2.45, 2.75) is 44.6 Å². The highest BCUT2D eigenvalue weighted by Gasteiger charge is 2.45. The van der Waals surface area contributed by atoms with Crippen molar-refractivity contribution < 1.29 is 14.0 Å². The zero-order valence-electron chi connectivity index (χ0n) is 12.8. The number of halogens is 1. The number of carbonyl (C=O) groups is 1. The smallest absolute Gasteiger partial charge is 0.269 e. The van der Waals surface area contributed by atoms with E-state index in [-0.39, 0.29) is 11.7 Å². The Morgan fingerprint density at radius 2 is 1.91 bits per heavy atom. The number of hydrogen-bond donors (Lipinski definition) is 0. The average molecular weight is 304 g/mol. The molecule has 0 aromatic heterocycles. The molecule has 0 spiro atoms. The van der Waals surface area contributed by atoms with Crippen LogP contribution in [-0.2, 0) is 9.63 Å². The molecule has 118 valence electrons. The summed E-state index contributed by atoms with van der Waals surface area (Å²) in [7, 11) is 0. The molecule has 3 rings (SSSR count). The van der Waals surface area contributed by atoms with Gasteiger partial charge in [-0.05, 0) is 25.8 Å². The van der Waals surface area contributed by atoms with Gasteiger partial charge in [-0.25, -0.2) is 4.39 Å². The molecule has 0 aliphatic carbocycles. The normalized spacial score (nSPS) is 25.4. The molecule has 22 heavy (non-hydrogen) atoms. The van der Waals surface area contributed by atoms with E-state index in [1.807, 2.05) is 4.90 Å². The molecule has 1 amide bonds. The largest absolute Gasteiger partial charge is 0.379 e. The van der Waals surface area contributed by atoms with Crippen molar-refractivity contribution in [2.75, 3.05) is 13.1 Å². The molecule has 0 radical (unpaired) electrons. The second-order valence-electron chi connectivity index (χ2n) is 6.22. The van der Waals surface area contributed by atoms with Gasteiger partial charge in [0.05, 0.1) is 5.71 Å². The molecule has 1 fully saturated rings. The molecule has 1 unspecified atom stereocenters. The molecule has 5 heteroatoms. The fourth-order valence-electron chi connectivity index (χ4n) is 3.10. The van der Waals surface area contributed by atoms with E-state index in [1.165, 1.54) is 18.9 Å². The van der Waals surface area contributed by atoms with Gasteiger partial charge in [0.1, 0.15) is 5.82 Å². The Labute approximate surface area is 129 Å². The van der Waals surface area contributed by atoms with Crippen LogP contribution in [0.5, 0.6) is 0 Å². The van der Waals surface area contributed by atoms with Crippen molar-refractivity contribution in [1.29, 1.82) is 0 Å². The quantitative estimate of drug-likeness (QED) is 0.842. The van der Waals surface area contributed by atoms with Gasteiger partial charge in [0.15, 0.2) is 0 Å². The first-order chi connectivity index (χ1) is 10.6. The Balaban J connectivity index is 1.74. The summed E-state index contributed by atoms with van der Waals surface area (Å²) in [4.78, 5) is 20.1. The zero-order valence-corrected chi connectivity index (χ0v) is 12.8. The fraction of sp³-hybridized carbons (Fsp3) is 0.529. The lowest BCUT2D eigenvalue weighted by Crippen LogP contribution is -2.47. The van der Waals surface area contributed by atoms with Gasteiger partial charge in [-0.15, -0.1) is 0 Å². The highest BCUT2D eigenvalue weighted by molar-refractivity contribution is 6.05. The maximum atomic E-state index is 13.9. The van der Waals surface area contributed by atoms with E-state index in [0.717, 1.165) is 25.9 Å². The van der Waals surface area contributed by atoms with Gasteiger partial charge in [0.2, 0.25) is 5.60 Å². The zero-order chi connectivity index (χ0) is 15.6. The van der Waals surface area contributed by atoms with Crippen molar-refractivity contribution >= 4 is 11.6 Å². The standard InChI is InChI=1S/C17H21FN2O2/c1-17(16(21)20-10-6-2-3-7-11-20)12-15(19-22-17)13-8-4-5-9-14(13)18/h4-5,8-9H,2-3,6-7,10-12H2,1H3. The van der Waals surface area contributed by atoms with Crippen LogP contribution in [0.3, 0.4) is 0 Å². The summed E-state index contributed by atoms with van der Waals surface area (Å²) < 4.78 is 13.9. The number of hydrogen-bond acceptors (Lipinski definition) is 3. The topological polar surface area (TPSA) is 41.9 Å². The number of nitrogens with zero attached hydrogens (tertiary/aromatic N) is 2. The molecule has 1 atom stereocenters. The fourth-order valence-corrected chi connectivity index (χ4v) is 3.10. The summed E-state index contributed by atoms with van der Waals surface area (Å²) in [6.07, 6.45) is 4.70. The minimum Gasteiger partial charge on any atom is -0.379 e. The maximum Gasteiger partial charge on any atom is 0.269 e. The number of likely N-dealkylation sites (tertiary alicyclic amines) is 1. The number of benzene rings is 1. The first kappa shape index (κ1) is 15.0. The highest BCUT2D eigenvalue weighted by Crippen LogP contribution is 2.30. The Morgan fingerprint density at radius 3 is 2.59 bits per heavy atom. The lowest BCUT2D eigenvalue weighted by atomic mass is 9.94. The van der Waals surface area contributed by atoms with Gasteiger partial charge in [-0.3, -0.25) is 4.79 Å². The monoisotopic (exact) mass is 304 g/mol. The minimum atomic E-state index is -1.01. The predicted molar refractivity (Wildman–Crippen MR) is 82.1 cm³/mol. The van der Waals surface area contributed by atoms with E-state index >= 15 is 0 Å². The molecule has 1 aromatic carbocycles. The Hall–Kier alpha value is -1.91. The molecule has 2 heterocycles. The molecule has 1 aromatic rings. The third-order valence-electron chi connectivity index (χ3n) is 4.39. The number of carbonyl (C=O) groups excluding carboxylic acids is 1. The molecule has 1 saturated heterocycles. The summed E-state index contributed by atoms with van der Waals surface area (Å²) in [5.41, 5.74) is -0.0965. The van der Waals surface area contributed by atoms with Crippen molar-refractivity contribution in [3.8, 4) is 0 Å². The second kappa shape index (κ2) is 6.07. The molecule has 0 saturated carbocycles. The Kier molecular flexibility index (Phi) is 4.14. The van der Waals surface area contributed by atoms with Gasteiger partial charge in [0.25, 0.3) is 5.91 Å². The van der Waals surface area contributed by atoms with Gasteiger partial charge >= 0.3 is 0 Å². The van der Waals surface area contributed by atoms with E-state index in [4.69, 9.17) is 4.84 Å². The van der Waals surface area contributed by atoms with Crippen molar-refractivity contribution in [1.82, 2.24) is 4.90 Å². The number of amides is 1. The summed E-state index contributed by atoms with van der Waals surface area (Å²) >= 11 is 0. The number of rotatable bonds is 2. The first-order valence-electron chi connectivity index (χ1n) is 7.89. The van der Waals surface area contributed by atoms with E-state index in [2.05, 4.69) is 5.16 Å². The van der Waals surface area contributed by atoms with E-state index in [0.29, 0.717) is 17.7 Å². The van der Waals surface area contributed by atoms with Crippen LogP contribution in [0.15, 0.2) is 29.4 Å². The van der Waals surface area contributed by atoms with Crippen LogP contribution in [0.25, 0.3) is 0 Å². The molecule has 2 aliphatic rings.